The van der Waals surface area contributed by atoms with Crippen molar-refractivity contribution in [2.45, 2.75) is 56.2 Å². The zero-order chi connectivity index (χ0) is 27.1. The molecule has 0 saturated heterocycles. The number of carbonyl (C=O) groups is 3. The molecule has 0 aliphatic carbocycles. The van der Waals surface area contributed by atoms with E-state index in [4.69, 9.17) is 9.47 Å². The van der Waals surface area contributed by atoms with Crippen LogP contribution in [0.25, 0.3) is 0 Å². The van der Waals surface area contributed by atoms with Gasteiger partial charge in [-0.05, 0) is 6.08 Å². The fraction of sp³-hybridized carbons (Fsp3) is 0.667. The van der Waals surface area contributed by atoms with Gasteiger partial charge in [-0.2, -0.15) is 0 Å². The Morgan fingerprint density at radius 2 is 1.71 bits per heavy atom. The Hall–Kier alpha value is 0.730. The smallest absolute Gasteiger partial charge is 0.726 e. The molecule has 202 valence electrons. The molecule has 4 N–H and O–H groups in total. The predicted molar refractivity (Wildman–Crippen MR) is 99.4 cm³/mol. The number of rotatable bonds is 14. The zero-order valence-corrected chi connectivity index (χ0v) is 28.1. The number of carboxylic acids is 1. The molecule has 0 fully saturated rings. The third kappa shape index (κ3) is 15.1. The number of hydrogen-bond donors (Lipinski definition) is 4. The van der Waals surface area contributed by atoms with Gasteiger partial charge < -0.3 is 53.9 Å². The number of ether oxygens (including phenoxy) is 2. The van der Waals surface area contributed by atoms with Gasteiger partial charge in [0.05, 0.1) is 6.61 Å². The Labute approximate surface area is 283 Å². The molecule has 1 rings (SSSR count). The quantitative estimate of drug-likeness (QED) is 0.0607. The number of aliphatic carboxylic acids is 1. The summed E-state index contributed by atoms with van der Waals surface area (Å²) in [5, 5.41) is 43.8. The van der Waals surface area contributed by atoms with Crippen LogP contribution in [0.5, 0.6) is 0 Å². The Kier molecular flexibility index (Phi) is 21.6. The van der Waals surface area contributed by atoms with Crippen molar-refractivity contribution in [1.82, 2.24) is 5.32 Å². The minimum absolute atomic E-state index is 0. The van der Waals surface area contributed by atoms with Crippen LogP contribution in [0.2, 0.25) is 0 Å². The molecule has 18 nitrogen and oxygen atoms in total. The summed E-state index contributed by atoms with van der Waals surface area (Å²) in [7, 11) is -11.0. The molecule has 0 unspecified atom stereocenters. The molecule has 0 saturated carbocycles. The van der Waals surface area contributed by atoms with E-state index >= 15 is 0 Å². The molecule has 1 amide bonds. The maximum Gasteiger partial charge on any atom is 1.00 e. The summed E-state index contributed by atoms with van der Waals surface area (Å²) >= 11 is 0. The molecule has 0 aromatic heterocycles. The van der Waals surface area contributed by atoms with Gasteiger partial charge in [0.1, 0.15) is 48.5 Å². The van der Waals surface area contributed by atoms with Gasteiger partial charge in [-0.1, -0.05) is 6.92 Å². The summed E-state index contributed by atoms with van der Waals surface area (Å²) in [5.41, 5.74) is 0. The van der Waals surface area contributed by atoms with Gasteiger partial charge in [-0.25, -0.2) is 16.8 Å². The minimum Gasteiger partial charge on any atom is -0.726 e. The Morgan fingerprint density at radius 3 is 2.13 bits per heavy atom. The average molecular weight is 619 g/mol. The molecule has 1 aliphatic rings. The average Bonchev–Trinajstić information content (AvgIpc) is 2.73. The van der Waals surface area contributed by atoms with Crippen LogP contribution < -0.4 is 99.1 Å². The van der Waals surface area contributed by atoms with Crippen LogP contribution in [-0.4, -0.2) is 109 Å². The minimum atomic E-state index is -5.62. The molecule has 38 heavy (non-hydrogen) atoms. The molecule has 0 spiro atoms. The summed E-state index contributed by atoms with van der Waals surface area (Å²) in [6.07, 6.45) is -14.0. The van der Waals surface area contributed by atoms with Crippen molar-refractivity contribution >= 4 is 39.0 Å². The molecule has 0 bridgehead atoms. The molecule has 7 atom stereocenters. The number of aliphatic hydroxyl groups excluding tert-OH is 3. The van der Waals surface area contributed by atoms with E-state index in [1.54, 1.807) is 0 Å². The van der Waals surface area contributed by atoms with Gasteiger partial charge in [0.25, 0.3) is 0 Å². The van der Waals surface area contributed by atoms with E-state index in [1.807, 2.05) is 5.32 Å². The molecular weight excluding hydrogens is 599 g/mol. The van der Waals surface area contributed by atoms with Crippen LogP contribution in [0.4, 0.5) is 0 Å². The first-order chi connectivity index (χ1) is 16.0. The van der Waals surface area contributed by atoms with Gasteiger partial charge in [0.15, 0.2) is 6.10 Å². The van der Waals surface area contributed by atoms with Crippen molar-refractivity contribution in [3.8, 4) is 0 Å². The second kappa shape index (κ2) is 19.0. The van der Waals surface area contributed by atoms with Crippen molar-refractivity contribution in [2.24, 2.45) is 0 Å². The molecule has 0 radical (unpaired) electrons. The SMILES string of the molecule is CCC(=O)N[C@H](C=O)[C@H](O)[C@H](O[C@@H]1OC(C(=O)[O-])=C[C@H](O)[C@H]1OS(=O)(=O)[O-])[C@@H](O)COS(=O)(=O)[O-].[Na+].[Na+].[Na+]. The van der Waals surface area contributed by atoms with E-state index in [1.165, 1.54) is 6.92 Å². The number of carboxylic acid groups (broad SMARTS) is 1. The van der Waals surface area contributed by atoms with Crippen molar-refractivity contribution < 1.29 is 167 Å². The third-order valence-electron chi connectivity index (χ3n) is 4.15. The van der Waals surface area contributed by atoms with E-state index < -0.39 is 87.9 Å². The summed E-state index contributed by atoms with van der Waals surface area (Å²) in [4.78, 5) is 34.1. The van der Waals surface area contributed by atoms with Crippen LogP contribution in [0, 0.1) is 0 Å². The fourth-order valence-electron chi connectivity index (χ4n) is 2.60. The predicted octanol–water partition coefficient (Wildman–Crippen LogP) is -15.1. The number of hydrogen-bond acceptors (Lipinski definition) is 17. The van der Waals surface area contributed by atoms with Gasteiger partial charge in [0.2, 0.25) is 33.0 Å². The van der Waals surface area contributed by atoms with E-state index in [9.17, 15) is 60.8 Å². The van der Waals surface area contributed by atoms with Crippen LogP contribution in [0.15, 0.2) is 11.8 Å². The molecule has 0 aromatic rings. The summed E-state index contributed by atoms with van der Waals surface area (Å²) < 4.78 is 82.8. The zero-order valence-electron chi connectivity index (χ0n) is 20.5. The second-order valence-corrected chi connectivity index (χ2v) is 8.76. The first kappa shape index (κ1) is 43.2. The topological polar surface area (TPSA) is 298 Å². The third-order valence-corrected chi connectivity index (χ3v) is 5.04. The number of aldehydes is 1. The molecule has 1 aliphatic heterocycles. The summed E-state index contributed by atoms with van der Waals surface area (Å²) in [5.74, 6) is -4.07. The van der Waals surface area contributed by atoms with E-state index in [0.717, 1.165) is 0 Å². The van der Waals surface area contributed by atoms with E-state index in [2.05, 4.69) is 8.37 Å². The van der Waals surface area contributed by atoms with Gasteiger partial charge in [-0.15, -0.1) is 0 Å². The van der Waals surface area contributed by atoms with Crippen molar-refractivity contribution in [3.63, 3.8) is 0 Å². The van der Waals surface area contributed by atoms with Crippen LogP contribution in [-0.2, 0) is 53.0 Å². The van der Waals surface area contributed by atoms with Crippen LogP contribution >= 0.6 is 0 Å². The maximum absolute atomic E-state index is 11.6. The number of amides is 1. The van der Waals surface area contributed by atoms with Crippen LogP contribution in [0.3, 0.4) is 0 Å². The second-order valence-electron chi connectivity index (χ2n) is 6.70. The normalized spacial score (nSPS) is 22.4. The molecule has 1 heterocycles. The molecular formula is C15H20NNa3O17S2. The first-order valence-corrected chi connectivity index (χ1v) is 11.9. The fourth-order valence-corrected chi connectivity index (χ4v) is 3.38. The number of carbonyl (C=O) groups excluding carboxylic acids is 3. The van der Waals surface area contributed by atoms with E-state index in [0.29, 0.717) is 6.08 Å². The Bertz CT molecular complexity index is 1020. The van der Waals surface area contributed by atoms with Gasteiger partial charge in [0, 0.05) is 6.42 Å². The standard InChI is InChI=1S/C15H23NO17S2.3Na/c1-2-10(20)16-6(4-17)11(21)12(8(19)5-30-34(24,25)26)32-15-13(33-35(27,28)29)7(18)3-9(31-15)14(22)23;;;/h3-4,6-8,11-13,15,18-19,21H,2,5H2,1H3,(H,16,20)(H,22,23)(H,24,25,26)(H,27,28,29);;;/q;3*+1/p-3/t6-,7+,8+,11+,12-,13-,15+;;;/m1.../s1. The number of aliphatic hydroxyl groups is 3. The molecule has 0 aromatic carbocycles. The molecule has 23 heteroatoms. The van der Waals surface area contributed by atoms with Gasteiger partial charge in [-0.3, -0.25) is 13.2 Å². The Balaban J connectivity index is -0.00000408. The van der Waals surface area contributed by atoms with Crippen molar-refractivity contribution in [3.05, 3.63) is 11.8 Å². The summed E-state index contributed by atoms with van der Waals surface area (Å²) in [6, 6.07) is -1.89. The van der Waals surface area contributed by atoms with Crippen molar-refractivity contribution in [1.29, 1.82) is 0 Å². The Morgan fingerprint density at radius 1 is 1.16 bits per heavy atom. The van der Waals surface area contributed by atoms with Crippen molar-refractivity contribution in [2.75, 3.05) is 6.61 Å². The largest absolute Gasteiger partial charge is 1.00 e. The number of nitrogens with one attached hydrogen (secondary N) is 1. The monoisotopic (exact) mass is 619 g/mol. The van der Waals surface area contributed by atoms with E-state index in [-0.39, 0.29) is 101 Å². The maximum atomic E-state index is 11.6. The van der Waals surface area contributed by atoms with Gasteiger partial charge >= 0.3 is 88.7 Å². The van der Waals surface area contributed by atoms with Crippen LogP contribution in [0.1, 0.15) is 13.3 Å². The first-order valence-electron chi connectivity index (χ1n) is 9.27. The summed E-state index contributed by atoms with van der Waals surface area (Å²) in [6.45, 7) is -0.0829.